The number of rotatable bonds is 6. The molecule has 0 spiro atoms. The van der Waals surface area contributed by atoms with Crippen LogP contribution in [-0.4, -0.2) is 38.3 Å². The van der Waals surface area contributed by atoms with E-state index in [4.69, 9.17) is 0 Å². The minimum Gasteiger partial charge on any atom is -0.345 e. The Kier molecular flexibility index (Phi) is 5.69. The Labute approximate surface area is 118 Å². The summed E-state index contributed by atoms with van der Waals surface area (Å²) in [6.45, 7) is 1.28. The van der Waals surface area contributed by atoms with Gasteiger partial charge < -0.3 is 10.6 Å². The van der Waals surface area contributed by atoms with Crippen molar-refractivity contribution >= 4 is 27.3 Å². The van der Waals surface area contributed by atoms with E-state index in [9.17, 15) is 18.0 Å². The number of carbonyl (C=O) groups is 2. The Bertz CT molecular complexity index is 569. The van der Waals surface area contributed by atoms with Crippen LogP contribution in [0.15, 0.2) is 30.3 Å². The van der Waals surface area contributed by atoms with Gasteiger partial charge in [0, 0.05) is 18.9 Å². The molecule has 6 nitrogen and oxygen atoms in total. The van der Waals surface area contributed by atoms with Gasteiger partial charge in [-0.3, -0.25) is 9.59 Å². The van der Waals surface area contributed by atoms with Crippen LogP contribution >= 0.6 is 0 Å². The van der Waals surface area contributed by atoms with Gasteiger partial charge in [-0.2, -0.15) is 0 Å². The van der Waals surface area contributed by atoms with Crippen molar-refractivity contribution in [1.29, 1.82) is 0 Å². The maximum atomic E-state index is 12.0. The van der Waals surface area contributed by atoms with E-state index in [1.54, 1.807) is 24.3 Å². The molecule has 20 heavy (non-hydrogen) atoms. The first-order chi connectivity index (χ1) is 9.28. The Morgan fingerprint density at radius 2 is 1.80 bits per heavy atom. The quantitative estimate of drug-likeness (QED) is 0.803. The van der Waals surface area contributed by atoms with Crippen molar-refractivity contribution in [2.24, 2.45) is 0 Å². The third kappa shape index (κ3) is 6.33. The SMILES string of the molecule is CC(=O)N[C@H](CCS(C)(=O)=O)C(=O)Nc1ccccc1. The lowest BCUT2D eigenvalue weighted by atomic mass is 10.2. The molecule has 1 aromatic carbocycles. The predicted molar refractivity (Wildman–Crippen MR) is 77.0 cm³/mol. The van der Waals surface area contributed by atoms with Gasteiger partial charge in [-0.25, -0.2) is 8.42 Å². The third-order valence-corrected chi connectivity index (χ3v) is 3.49. The van der Waals surface area contributed by atoms with Gasteiger partial charge in [-0.05, 0) is 18.6 Å². The van der Waals surface area contributed by atoms with E-state index >= 15 is 0 Å². The number of para-hydroxylation sites is 1. The maximum Gasteiger partial charge on any atom is 0.246 e. The molecule has 110 valence electrons. The second kappa shape index (κ2) is 7.04. The first kappa shape index (κ1) is 16.2. The number of carbonyl (C=O) groups excluding carboxylic acids is 2. The van der Waals surface area contributed by atoms with Crippen molar-refractivity contribution < 1.29 is 18.0 Å². The third-order valence-electron chi connectivity index (χ3n) is 2.51. The highest BCUT2D eigenvalue weighted by Crippen LogP contribution is 2.07. The van der Waals surface area contributed by atoms with Crippen LogP contribution in [0.5, 0.6) is 0 Å². The van der Waals surface area contributed by atoms with Gasteiger partial charge in [0.2, 0.25) is 11.8 Å². The van der Waals surface area contributed by atoms with Crippen LogP contribution in [0, 0.1) is 0 Å². The van der Waals surface area contributed by atoms with E-state index in [1.807, 2.05) is 6.07 Å². The van der Waals surface area contributed by atoms with Crippen molar-refractivity contribution in [2.75, 3.05) is 17.3 Å². The van der Waals surface area contributed by atoms with Gasteiger partial charge in [0.25, 0.3) is 0 Å². The molecule has 0 saturated heterocycles. The van der Waals surface area contributed by atoms with E-state index in [0.29, 0.717) is 5.69 Å². The zero-order valence-electron chi connectivity index (χ0n) is 11.4. The van der Waals surface area contributed by atoms with Crippen LogP contribution in [0.4, 0.5) is 5.69 Å². The zero-order valence-corrected chi connectivity index (χ0v) is 12.2. The molecule has 0 aliphatic carbocycles. The molecule has 1 rings (SSSR count). The normalized spacial score (nSPS) is 12.5. The molecule has 0 radical (unpaired) electrons. The van der Waals surface area contributed by atoms with Crippen molar-refractivity contribution in [3.63, 3.8) is 0 Å². The highest BCUT2D eigenvalue weighted by molar-refractivity contribution is 7.90. The monoisotopic (exact) mass is 298 g/mol. The molecule has 1 aromatic rings. The van der Waals surface area contributed by atoms with Gasteiger partial charge in [0.15, 0.2) is 0 Å². The average Bonchev–Trinajstić information content (AvgIpc) is 2.34. The van der Waals surface area contributed by atoms with E-state index in [0.717, 1.165) is 6.26 Å². The summed E-state index contributed by atoms with van der Waals surface area (Å²) in [5.74, 6) is -0.984. The summed E-state index contributed by atoms with van der Waals surface area (Å²) in [6, 6.07) is 7.88. The molecule has 1 atom stereocenters. The molecular formula is C13H18N2O4S. The number of benzene rings is 1. The first-order valence-corrected chi connectivity index (χ1v) is 8.15. The Morgan fingerprint density at radius 3 is 2.30 bits per heavy atom. The van der Waals surface area contributed by atoms with E-state index in [2.05, 4.69) is 10.6 Å². The summed E-state index contributed by atoms with van der Waals surface area (Å²) in [7, 11) is -3.19. The summed E-state index contributed by atoms with van der Waals surface area (Å²) in [4.78, 5) is 23.1. The largest absolute Gasteiger partial charge is 0.345 e. The minimum absolute atomic E-state index is 0.0388. The molecule has 0 heterocycles. The lowest BCUT2D eigenvalue weighted by Gasteiger charge is -2.17. The number of nitrogens with one attached hydrogen (secondary N) is 2. The highest BCUT2D eigenvalue weighted by atomic mass is 32.2. The number of sulfone groups is 1. The highest BCUT2D eigenvalue weighted by Gasteiger charge is 2.21. The number of anilines is 1. The molecule has 2 N–H and O–H groups in total. The summed E-state index contributed by atoms with van der Waals surface area (Å²) in [5, 5.41) is 5.09. The fraction of sp³-hybridized carbons (Fsp3) is 0.385. The van der Waals surface area contributed by atoms with Crippen LogP contribution in [0.2, 0.25) is 0 Å². The smallest absolute Gasteiger partial charge is 0.246 e. The summed E-state index contributed by atoms with van der Waals surface area (Å²) in [5.41, 5.74) is 0.590. The van der Waals surface area contributed by atoms with Crippen LogP contribution < -0.4 is 10.6 Å². The van der Waals surface area contributed by atoms with Crippen LogP contribution in [0.1, 0.15) is 13.3 Å². The molecule has 2 amide bonds. The molecule has 0 bridgehead atoms. The standard InChI is InChI=1S/C13H18N2O4S/c1-10(16)14-12(8-9-20(2,18)19)13(17)15-11-6-4-3-5-7-11/h3-7,12H,8-9H2,1-2H3,(H,14,16)(H,15,17)/t12-/m1/s1. The lowest BCUT2D eigenvalue weighted by Crippen LogP contribution is -2.43. The van der Waals surface area contributed by atoms with E-state index in [1.165, 1.54) is 6.92 Å². The van der Waals surface area contributed by atoms with Crippen molar-refractivity contribution in [3.8, 4) is 0 Å². The van der Waals surface area contributed by atoms with Crippen molar-refractivity contribution in [3.05, 3.63) is 30.3 Å². The van der Waals surface area contributed by atoms with Gasteiger partial charge >= 0.3 is 0 Å². The molecule has 0 aromatic heterocycles. The summed E-state index contributed by atoms with van der Waals surface area (Å²) in [6.07, 6.45) is 1.13. The topological polar surface area (TPSA) is 92.3 Å². The van der Waals surface area contributed by atoms with Gasteiger partial charge in [-0.1, -0.05) is 18.2 Å². The molecule has 0 aliphatic heterocycles. The summed E-state index contributed by atoms with van der Waals surface area (Å²) >= 11 is 0. The van der Waals surface area contributed by atoms with Gasteiger partial charge in [0.1, 0.15) is 15.9 Å². The fourth-order valence-electron chi connectivity index (χ4n) is 1.60. The molecule has 0 aliphatic rings. The fourth-order valence-corrected chi connectivity index (χ4v) is 2.26. The van der Waals surface area contributed by atoms with Crippen molar-refractivity contribution in [2.45, 2.75) is 19.4 Å². The second-order valence-electron chi connectivity index (χ2n) is 4.53. The predicted octanol–water partition coefficient (Wildman–Crippen LogP) is 0.565. The molecule has 0 saturated carbocycles. The minimum atomic E-state index is -3.19. The zero-order chi connectivity index (χ0) is 15.2. The van der Waals surface area contributed by atoms with Gasteiger partial charge in [-0.15, -0.1) is 0 Å². The summed E-state index contributed by atoms with van der Waals surface area (Å²) < 4.78 is 22.3. The van der Waals surface area contributed by atoms with Gasteiger partial charge in [0.05, 0.1) is 5.75 Å². The molecule has 7 heteroatoms. The number of amides is 2. The number of hydrogen-bond donors (Lipinski definition) is 2. The Morgan fingerprint density at radius 1 is 1.20 bits per heavy atom. The van der Waals surface area contributed by atoms with E-state index in [-0.39, 0.29) is 18.1 Å². The number of hydrogen-bond acceptors (Lipinski definition) is 4. The Hall–Kier alpha value is -1.89. The van der Waals surface area contributed by atoms with Crippen LogP contribution in [-0.2, 0) is 19.4 Å². The van der Waals surface area contributed by atoms with Crippen molar-refractivity contribution in [1.82, 2.24) is 5.32 Å². The second-order valence-corrected chi connectivity index (χ2v) is 6.79. The molecular weight excluding hydrogens is 280 g/mol. The van der Waals surface area contributed by atoms with Crippen LogP contribution in [0.25, 0.3) is 0 Å². The maximum absolute atomic E-state index is 12.0. The molecule has 0 fully saturated rings. The Balaban J connectivity index is 2.71. The van der Waals surface area contributed by atoms with E-state index < -0.39 is 21.8 Å². The first-order valence-electron chi connectivity index (χ1n) is 6.08. The average molecular weight is 298 g/mol. The lowest BCUT2D eigenvalue weighted by molar-refractivity contribution is -0.125. The molecule has 0 unspecified atom stereocenters. The van der Waals surface area contributed by atoms with Crippen LogP contribution in [0.3, 0.4) is 0 Å².